The van der Waals surface area contributed by atoms with Crippen LogP contribution in [0.25, 0.3) is 11.5 Å². The Balaban J connectivity index is 1.83. The maximum absolute atomic E-state index is 13.4. The highest BCUT2D eigenvalue weighted by atomic mass is 79.9. The second kappa shape index (κ2) is 8.20. The Kier molecular flexibility index (Phi) is 5.65. The predicted octanol–water partition coefficient (Wildman–Crippen LogP) is 4.94. The third-order valence-electron chi connectivity index (χ3n) is 4.92. The zero-order valence-corrected chi connectivity index (χ0v) is 18.4. The van der Waals surface area contributed by atoms with E-state index in [1.165, 1.54) is 12.1 Å². The van der Waals surface area contributed by atoms with Crippen molar-refractivity contribution in [3.8, 4) is 17.2 Å². The Hall–Kier alpha value is -2.32. The Morgan fingerprint density at radius 1 is 1.07 bits per heavy atom. The lowest BCUT2D eigenvalue weighted by Crippen LogP contribution is -2.30. The molecule has 0 spiro atoms. The minimum absolute atomic E-state index is 0.0421. The average molecular weight is 477 g/mol. The van der Waals surface area contributed by atoms with Gasteiger partial charge in [-0.1, -0.05) is 22.0 Å². The van der Waals surface area contributed by atoms with Crippen molar-refractivity contribution >= 4 is 31.7 Å². The molecule has 0 amide bonds. The van der Waals surface area contributed by atoms with Gasteiger partial charge in [-0.15, -0.1) is 0 Å². The molecule has 1 saturated heterocycles. The standard InChI is InChI=1S/C21H21BrN2O4S/c1-27-17-8-10-18(11-9-17)29(25,26)20-21(24-12-3-2-4-13-24)28-19(23-20)15-6-5-7-16(22)14-15/h5-11,14H,2-4,12-13H2,1H3. The van der Waals surface area contributed by atoms with E-state index in [1.54, 1.807) is 19.2 Å². The third-order valence-corrected chi connectivity index (χ3v) is 7.08. The van der Waals surface area contributed by atoms with Gasteiger partial charge in [0.25, 0.3) is 0 Å². The third kappa shape index (κ3) is 4.04. The Bertz CT molecular complexity index is 1100. The summed E-state index contributed by atoms with van der Waals surface area (Å²) in [6.07, 6.45) is 3.12. The summed E-state index contributed by atoms with van der Waals surface area (Å²) in [5.74, 6) is 1.20. The first-order valence-electron chi connectivity index (χ1n) is 9.40. The molecule has 8 heteroatoms. The number of rotatable bonds is 5. The summed E-state index contributed by atoms with van der Waals surface area (Å²) in [7, 11) is -2.31. The lowest BCUT2D eigenvalue weighted by Gasteiger charge is -2.26. The van der Waals surface area contributed by atoms with Gasteiger partial charge in [0.15, 0.2) is 0 Å². The molecule has 1 aromatic heterocycles. The highest BCUT2D eigenvalue weighted by molar-refractivity contribution is 9.10. The van der Waals surface area contributed by atoms with Crippen LogP contribution in [-0.4, -0.2) is 33.6 Å². The number of ether oxygens (including phenoxy) is 1. The van der Waals surface area contributed by atoms with E-state index in [1.807, 2.05) is 29.2 Å². The fourth-order valence-electron chi connectivity index (χ4n) is 3.38. The van der Waals surface area contributed by atoms with Gasteiger partial charge in [-0.25, -0.2) is 8.42 Å². The average Bonchev–Trinajstić information content (AvgIpc) is 3.21. The molecule has 0 aliphatic carbocycles. The molecule has 2 aromatic carbocycles. The maximum Gasteiger partial charge on any atom is 0.236 e. The maximum atomic E-state index is 13.4. The van der Waals surface area contributed by atoms with Crippen molar-refractivity contribution in [2.45, 2.75) is 29.2 Å². The molecule has 0 unspecified atom stereocenters. The quantitative estimate of drug-likeness (QED) is 0.519. The first kappa shape index (κ1) is 20.0. The first-order valence-corrected chi connectivity index (χ1v) is 11.7. The molecule has 1 aliphatic heterocycles. The van der Waals surface area contributed by atoms with Crippen molar-refractivity contribution in [1.29, 1.82) is 0 Å². The number of oxazole rings is 1. The summed E-state index contributed by atoms with van der Waals surface area (Å²) >= 11 is 3.44. The summed E-state index contributed by atoms with van der Waals surface area (Å²) in [5.41, 5.74) is 0.716. The van der Waals surface area contributed by atoms with Crippen molar-refractivity contribution in [3.63, 3.8) is 0 Å². The van der Waals surface area contributed by atoms with Gasteiger partial charge < -0.3 is 14.1 Å². The largest absolute Gasteiger partial charge is 0.497 e. The van der Waals surface area contributed by atoms with E-state index in [0.717, 1.165) is 36.8 Å². The molecule has 0 atom stereocenters. The van der Waals surface area contributed by atoms with Crippen molar-refractivity contribution in [1.82, 2.24) is 4.98 Å². The summed E-state index contributed by atoms with van der Waals surface area (Å²) < 4.78 is 38.9. The molecule has 4 rings (SSSR count). The van der Waals surface area contributed by atoms with Gasteiger partial charge in [-0.3, -0.25) is 0 Å². The van der Waals surface area contributed by atoms with Gasteiger partial charge in [0.05, 0.1) is 12.0 Å². The Morgan fingerprint density at radius 3 is 2.45 bits per heavy atom. The fourth-order valence-corrected chi connectivity index (χ4v) is 5.10. The highest BCUT2D eigenvalue weighted by Crippen LogP contribution is 2.36. The van der Waals surface area contributed by atoms with Crippen LogP contribution in [0.4, 0.5) is 5.88 Å². The predicted molar refractivity (Wildman–Crippen MR) is 114 cm³/mol. The van der Waals surface area contributed by atoms with Crippen LogP contribution in [0, 0.1) is 0 Å². The van der Waals surface area contributed by atoms with Gasteiger partial charge in [-0.05, 0) is 61.7 Å². The molecule has 3 aromatic rings. The molecule has 29 heavy (non-hydrogen) atoms. The zero-order chi connectivity index (χ0) is 20.4. The van der Waals surface area contributed by atoms with Crippen LogP contribution in [0.3, 0.4) is 0 Å². The molecule has 1 fully saturated rings. The number of aromatic nitrogens is 1. The zero-order valence-electron chi connectivity index (χ0n) is 16.0. The van der Waals surface area contributed by atoms with Crippen LogP contribution < -0.4 is 9.64 Å². The molecule has 2 heterocycles. The van der Waals surface area contributed by atoms with Gasteiger partial charge in [0, 0.05) is 23.1 Å². The fraction of sp³-hybridized carbons (Fsp3) is 0.286. The molecule has 1 aliphatic rings. The van der Waals surface area contributed by atoms with Crippen LogP contribution in [-0.2, 0) is 9.84 Å². The van der Waals surface area contributed by atoms with E-state index in [-0.39, 0.29) is 9.92 Å². The van der Waals surface area contributed by atoms with E-state index >= 15 is 0 Å². The van der Waals surface area contributed by atoms with Crippen LogP contribution in [0.2, 0.25) is 0 Å². The summed E-state index contributed by atoms with van der Waals surface area (Å²) in [6, 6.07) is 13.8. The Morgan fingerprint density at radius 2 is 1.79 bits per heavy atom. The Labute approximate surface area is 178 Å². The van der Waals surface area contributed by atoms with Crippen LogP contribution in [0.1, 0.15) is 19.3 Å². The van der Waals surface area contributed by atoms with Gasteiger partial charge in [0.2, 0.25) is 26.6 Å². The molecule has 152 valence electrons. The van der Waals surface area contributed by atoms with Gasteiger partial charge in [0.1, 0.15) is 5.75 Å². The number of sulfone groups is 1. The lowest BCUT2D eigenvalue weighted by molar-refractivity contribution is 0.414. The minimum atomic E-state index is -3.86. The second-order valence-corrected chi connectivity index (χ2v) is 9.65. The van der Waals surface area contributed by atoms with Crippen molar-refractivity contribution in [3.05, 3.63) is 53.0 Å². The number of piperidine rings is 1. The van der Waals surface area contributed by atoms with E-state index in [2.05, 4.69) is 20.9 Å². The highest BCUT2D eigenvalue weighted by Gasteiger charge is 2.32. The number of hydrogen-bond donors (Lipinski definition) is 0. The minimum Gasteiger partial charge on any atom is -0.497 e. The molecule has 0 N–H and O–H groups in total. The lowest BCUT2D eigenvalue weighted by atomic mass is 10.1. The van der Waals surface area contributed by atoms with E-state index in [9.17, 15) is 8.42 Å². The normalized spacial score (nSPS) is 14.8. The molecular weight excluding hydrogens is 456 g/mol. The first-order chi connectivity index (χ1) is 14.0. The molecule has 0 bridgehead atoms. The van der Waals surface area contributed by atoms with Crippen molar-refractivity contribution in [2.75, 3.05) is 25.1 Å². The van der Waals surface area contributed by atoms with Crippen LogP contribution >= 0.6 is 15.9 Å². The van der Waals surface area contributed by atoms with Crippen LogP contribution in [0.15, 0.2) is 67.3 Å². The number of methoxy groups -OCH3 is 1. The monoisotopic (exact) mass is 476 g/mol. The molecule has 0 saturated carbocycles. The second-order valence-electron chi connectivity index (χ2n) is 6.87. The van der Waals surface area contributed by atoms with Gasteiger partial charge in [-0.2, -0.15) is 4.98 Å². The molecule has 0 radical (unpaired) electrons. The van der Waals surface area contributed by atoms with Crippen LogP contribution in [0.5, 0.6) is 5.75 Å². The van der Waals surface area contributed by atoms with E-state index < -0.39 is 9.84 Å². The summed E-state index contributed by atoms with van der Waals surface area (Å²) in [5, 5.41) is -0.0421. The number of halogens is 1. The van der Waals surface area contributed by atoms with Crippen molar-refractivity contribution < 1.29 is 17.6 Å². The number of nitrogens with zero attached hydrogens (tertiary/aromatic N) is 2. The van der Waals surface area contributed by atoms with E-state index in [4.69, 9.17) is 9.15 Å². The smallest absolute Gasteiger partial charge is 0.236 e. The van der Waals surface area contributed by atoms with E-state index in [0.29, 0.717) is 23.1 Å². The summed E-state index contributed by atoms with van der Waals surface area (Å²) in [4.78, 5) is 6.58. The summed E-state index contributed by atoms with van der Waals surface area (Å²) in [6.45, 7) is 1.50. The number of benzene rings is 2. The van der Waals surface area contributed by atoms with Gasteiger partial charge >= 0.3 is 0 Å². The van der Waals surface area contributed by atoms with Crippen molar-refractivity contribution in [2.24, 2.45) is 0 Å². The topological polar surface area (TPSA) is 72.6 Å². The molecule has 6 nitrogen and oxygen atoms in total. The molecular formula is C21H21BrN2O4S. The SMILES string of the molecule is COc1ccc(S(=O)(=O)c2nc(-c3cccc(Br)c3)oc2N2CCCCC2)cc1. The number of hydrogen-bond acceptors (Lipinski definition) is 6. The number of anilines is 1.